The molecule has 0 saturated heterocycles. The topological polar surface area (TPSA) is 113 Å². The number of anilines is 1. The van der Waals surface area contributed by atoms with Crippen LogP contribution in [-0.2, 0) is 10.1 Å². The Morgan fingerprint density at radius 3 is 2.00 bits per heavy atom. The number of pyridine rings is 1. The molecule has 0 atom stereocenters. The zero-order valence-corrected chi connectivity index (χ0v) is 13.0. The number of aryl methyl sites for hydroxylation is 3. The molecule has 0 unspecified atom stereocenters. The Balaban J connectivity index is 0.000000235. The fraction of sp³-hybridized carbons (Fsp3) is 0.214. The first-order chi connectivity index (χ1) is 9.61. The summed E-state index contributed by atoms with van der Waals surface area (Å²) in [5, 5.41) is 0. The summed E-state index contributed by atoms with van der Waals surface area (Å²) in [5.74, 6) is 5.30. The summed E-state index contributed by atoms with van der Waals surface area (Å²) in [5.41, 5.74) is 8.04. The van der Waals surface area contributed by atoms with Gasteiger partial charge in [0.05, 0.1) is 10.6 Å². The van der Waals surface area contributed by atoms with E-state index in [0.29, 0.717) is 16.8 Å². The first-order valence-corrected chi connectivity index (χ1v) is 7.57. The fourth-order valence-electron chi connectivity index (χ4n) is 2.07. The largest absolute Gasteiger partial charge is 0.744 e. The van der Waals surface area contributed by atoms with Crippen LogP contribution in [0.25, 0.3) is 0 Å². The van der Waals surface area contributed by atoms with Crippen molar-refractivity contribution >= 4 is 15.8 Å². The Morgan fingerprint density at radius 2 is 1.67 bits per heavy atom. The number of benzene rings is 1. The van der Waals surface area contributed by atoms with Crippen molar-refractivity contribution in [3.63, 3.8) is 0 Å². The smallest absolute Gasteiger partial charge is 0.221 e. The van der Waals surface area contributed by atoms with Crippen molar-refractivity contribution in [2.45, 2.75) is 25.7 Å². The number of aromatic nitrogens is 1. The van der Waals surface area contributed by atoms with Gasteiger partial charge in [-0.25, -0.2) is 14.3 Å². The summed E-state index contributed by atoms with van der Waals surface area (Å²) >= 11 is 0. The van der Waals surface area contributed by atoms with E-state index in [0.717, 1.165) is 5.56 Å². The average molecular weight is 309 g/mol. The molecular weight excluding hydrogens is 290 g/mol. The molecule has 0 aliphatic carbocycles. The van der Waals surface area contributed by atoms with E-state index in [1.54, 1.807) is 50.5 Å². The first-order valence-electron chi connectivity index (χ1n) is 6.17. The second kappa shape index (κ2) is 6.55. The maximum Gasteiger partial charge on any atom is 0.221 e. The summed E-state index contributed by atoms with van der Waals surface area (Å²) in [6, 6.07) is 6.95. The lowest BCUT2D eigenvalue weighted by atomic mass is 10.1. The average Bonchev–Trinajstić information content (AvgIpc) is 2.25. The van der Waals surface area contributed by atoms with Gasteiger partial charge in [-0.3, -0.25) is 0 Å². The van der Waals surface area contributed by atoms with E-state index in [-0.39, 0.29) is 4.90 Å². The highest BCUT2D eigenvalue weighted by Gasteiger charge is 2.09. The Labute approximate surface area is 124 Å². The Morgan fingerprint density at radius 1 is 1.14 bits per heavy atom. The van der Waals surface area contributed by atoms with Crippen LogP contribution in [0.4, 0.5) is 5.69 Å². The molecule has 1 aromatic carbocycles. The van der Waals surface area contributed by atoms with Crippen molar-refractivity contribution in [2.75, 3.05) is 11.6 Å². The molecule has 1 aromatic heterocycles. The van der Waals surface area contributed by atoms with Crippen molar-refractivity contribution in [2.24, 2.45) is 0 Å². The van der Waals surface area contributed by atoms with Crippen molar-refractivity contribution in [1.29, 1.82) is 0 Å². The molecule has 0 bridgehead atoms. The van der Waals surface area contributed by atoms with Gasteiger partial charge in [-0.1, -0.05) is 22.4 Å². The summed E-state index contributed by atoms with van der Waals surface area (Å²) in [6.07, 6.45) is 3.36. The fourth-order valence-corrected chi connectivity index (χ4v) is 2.98. The number of nitrogens with zero attached hydrogens (tertiary/aromatic N) is 1. The van der Waals surface area contributed by atoms with Gasteiger partial charge < -0.3 is 10.3 Å². The highest BCUT2D eigenvalue weighted by molar-refractivity contribution is 7.85. The molecule has 7 heteroatoms. The predicted molar refractivity (Wildman–Crippen MR) is 79.8 cm³/mol. The summed E-state index contributed by atoms with van der Waals surface area (Å²) in [4.78, 5) is -0.0851. The van der Waals surface area contributed by atoms with Gasteiger partial charge in [-0.05, 0) is 38.0 Å². The molecule has 0 fully saturated rings. The van der Waals surface area contributed by atoms with Crippen LogP contribution in [0.2, 0.25) is 0 Å². The van der Waals surface area contributed by atoms with Crippen molar-refractivity contribution < 1.29 is 17.6 Å². The van der Waals surface area contributed by atoms with Crippen LogP contribution in [0, 0.1) is 20.8 Å². The van der Waals surface area contributed by atoms with Crippen LogP contribution in [0.3, 0.4) is 0 Å². The Hall–Kier alpha value is -2.12. The highest BCUT2D eigenvalue weighted by atomic mass is 32.2. The van der Waals surface area contributed by atoms with Crippen LogP contribution in [-0.4, -0.2) is 13.0 Å². The number of hydrogen-bond acceptors (Lipinski definition) is 5. The molecule has 0 spiro atoms. The highest BCUT2D eigenvalue weighted by Crippen LogP contribution is 2.20. The second-order valence-electron chi connectivity index (χ2n) is 4.77. The van der Waals surface area contributed by atoms with E-state index in [1.807, 2.05) is 6.92 Å². The minimum Gasteiger partial charge on any atom is -0.744 e. The van der Waals surface area contributed by atoms with E-state index in [4.69, 9.17) is 11.6 Å². The SMILES string of the molecule is Cc1cc(C)c(S(=O)(=O)[O-])c(C)c1.Nc1ccc[n+](N)c1. The first kappa shape index (κ1) is 16.9. The molecule has 21 heavy (non-hydrogen) atoms. The van der Waals surface area contributed by atoms with E-state index in [9.17, 15) is 13.0 Å². The molecule has 114 valence electrons. The zero-order chi connectivity index (χ0) is 16.2. The van der Waals surface area contributed by atoms with Gasteiger partial charge in [0.25, 0.3) is 0 Å². The Kier molecular flexibility index (Phi) is 5.28. The number of nitrogen functional groups attached to an aromatic ring is 2. The van der Waals surface area contributed by atoms with E-state index >= 15 is 0 Å². The van der Waals surface area contributed by atoms with Gasteiger partial charge in [0.1, 0.15) is 10.1 Å². The number of nitrogens with two attached hydrogens (primary N) is 2. The maximum absolute atomic E-state index is 10.8. The van der Waals surface area contributed by atoms with Crippen LogP contribution in [0.1, 0.15) is 16.7 Å². The monoisotopic (exact) mass is 309 g/mol. The van der Waals surface area contributed by atoms with Gasteiger partial charge >= 0.3 is 0 Å². The predicted octanol–water partition coefficient (Wildman–Crippen LogP) is 0.786. The quantitative estimate of drug-likeness (QED) is 0.459. The standard InChI is InChI=1S/C9H12O3S.C5H8N3/c1-6-4-7(2)9(8(3)5-6)13(10,11)12;6-5-2-1-3-8(7)4-5/h4-5H,1-3H3,(H,10,11,12);1-4H,6-7H2/q;+1/p-1. The third kappa shape index (κ3) is 5.05. The van der Waals surface area contributed by atoms with Gasteiger partial charge in [0.2, 0.25) is 6.20 Å². The van der Waals surface area contributed by atoms with Crippen LogP contribution < -0.4 is 16.3 Å². The van der Waals surface area contributed by atoms with Crippen LogP contribution in [0.15, 0.2) is 41.6 Å². The second-order valence-corrected chi connectivity index (χ2v) is 6.08. The van der Waals surface area contributed by atoms with Crippen molar-refractivity contribution in [3.05, 3.63) is 53.3 Å². The van der Waals surface area contributed by atoms with Crippen molar-refractivity contribution in [3.8, 4) is 0 Å². The van der Waals surface area contributed by atoms with Crippen molar-refractivity contribution in [1.82, 2.24) is 0 Å². The molecule has 2 aromatic rings. The third-order valence-corrected chi connectivity index (χ3v) is 3.84. The van der Waals surface area contributed by atoms with Gasteiger partial charge in [-0.2, -0.15) is 0 Å². The summed E-state index contributed by atoms with van der Waals surface area (Å²) in [6.45, 7) is 5.12. The van der Waals surface area contributed by atoms with E-state index in [1.165, 1.54) is 4.68 Å². The maximum atomic E-state index is 10.8. The minimum absolute atomic E-state index is 0.0851. The van der Waals surface area contributed by atoms with Crippen LogP contribution in [0.5, 0.6) is 0 Å². The molecule has 4 N–H and O–H groups in total. The number of rotatable bonds is 1. The molecule has 1 heterocycles. The van der Waals surface area contributed by atoms with E-state index in [2.05, 4.69) is 0 Å². The van der Waals surface area contributed by atoms with Crippen LogP contribution >= 0.6 is 0 Å². The number of hydrogen-bond donors (Lipinski definition) is 2. The van der Waals surface area contributed by atoms with E-state index < -0.39 is 10.1 Å². The zero-order valence-electron chi connectivity index (χ0n) is 12.2. The molecule has 0 aliphatic heterocycles. The Bertz CT molecular complexity index is 703. The lowest BCUT2D eigenvalue weighted by Crippen LogP contribution is -2.43. The lowest BCUT2D eigenvalue weighted by molar-refractivity contribution is -0.638. The molecule has 0 amide bonds. The molecule has 0 saturated carbocycles. The summed E-state index contributed by atoms with van der Waals surface area (Å²) in [7, 11) is -4.33. The normalized spacial score (nSPS) is 10.7. The molecular formula is C14H19N3O3S. The van der Waals surface area contributed by atoms with Gasteiger partial charge in [0.15, 0.2) is 6.20 Å². The van der Waals surface area contributed by atoms with Gasteiger partial charge in [0, 0.05) is 6.07 Å². The molecule has 2 rings (SSSR count). The minimum atomic E-state index is -4.33. The summed E-state index contributed by atoms with van der Waals surface area (Å²) < 4.78 is 33.9. The lowest BCUT2D eigenvalue weighted by Gasteiger charge is -2.14. The molecule has 6 nitrogen and oxygen atoms in total. The molecule has 0 radical (unpaired) electrons. The molecule has 0 aliphatic rings. The third-order valence-electron chi connectivity index (χ3n) is 2.70. The van der Waals surface area contributed by atoms with Gasteiger partial charge in [-0.15, -0.1) is 0 Å².